The van der Waals surface area contributed by atoms with Crippen LogP contribution in [0.3, 0.4) is 0 Å². The van der Waals surface area contributed by atoms with Crippen molar-refractivity contribution in [2.75, 3.05) is 12.4 Å². The van der Waals surface area contributed by atoms with Gasteiger partial charge in [-0.25, -0.2) is 31.6 Å². The van der Waals surface area contributed by atoms with Gasteiger partial charge < -0.3 is 10.4 Å². The summed E-state index contributed by atoms with van der Waals surface area (Å²) >= 11 is 0.983. The fourth-order valence-electron chi connectivity index (χ4n) is 5.00. The number of carbonyl (C=O) groups excluding carboxylic acids is 1. The van der Waals surface area contributed by atoms with Gasteiger partial charge in [0, 0.05) is 18.8 Å². The molecule has 12 nitrogen and oxygen atoms in total. The first-order chi connectivity index (χ1) is 22.5. The number of sulfonamides is 2. The van der Waals surface area contributed by atoms with Crippen molar-refractivity contribution in [1.29, 1.82) is 0 Å². The quantitative estimate of drug-likeness (QED) is 0.216. The van der Waals surface area contributed by atoms with Gasteiger partial charge in [-0.1, -0.05) is 24.3 Å². The zero-order chi connectivity index (χ0) is 34.6. The minimum absolute atomic E-state index is 0.0565. The second kappa shape index (κ2) is 11.9. The van der Waals surface area contributed by atoms with E-state index in [1.807, 2.05) is 0 Å². The molecule has 0 radical (unpaired) electrons. The number of aromatic nitrogens is 3. The van der Waals surface area contributed by atoms with Gasteiger partial charge >= 0.3 is 6.18 Å². The number of amides is 1. The number of carbonyl (C=O) groups is 1. The Hall–Kier alpha value is -5.04. The summed E-state index contributed by atoms with van der Waals surface area (Å²) in [6, 6.07) is 17.1. The molecule has 1 aliphatic rings. The molecule has 248 valence electrons. The van der Waals surface area contributed by atoms with Crippen molar-refractivity contribution in [2.24, 2.45) is 5.14 Å². The van der Waals surface area contributed by atoms with E-state index >= 15 is 0 Å². The Labute approximate surface area is 275 Å². The molecule has 0 saturated heterocycles. The van der Waals surface area contributed by atoms with Gasteiger partial charge in [-0.3, -0.25) is 9.10 Å². The molecule has 1 amide bonds. The molecule has 0 saturated carbocycles. The molecule has 3 aromatic heterocycles. The van der Waals surface area contributed by atoms with Gasteiger partial charge in [-0.2, -0.15) is 18.3 Å². The summed E-state index contributed by atoms with van der Waals surface area (Å²) in [6.07, 6.45) is -2.98. The van der Waals surface area contributed by atoms with Crippen LogP contribution in [0, 0.1) is 0 Å². The lowest BCUT2D eigenvalue weighted by Gasteiger charge is -2.26. The Morgan fingerprint density at radius 1 is 1.02 bits per heavy atom. The largest absolute Gasteiger partial charge is 0.504 e. The molecule has 0 bridgehead atoms. The summed E-state index contributed by atoms with van der Waals surface area (Å²) in [4.78, 5) is 17.0. The van der Waals surface area contributed by atoms with Crippen molar-refractivity contribution in [3.8, 4) is 16.9 Å². The van der Waals surface area contributed by atoms with E-state index in [9.17, 15) is 39.9 Å². The summed E-state index contributed by atoms with van der Waals surface area (Å²) in [6.45, 7) is 0. The molecule has 4 N–H and O–H groups in total. The Kier molecular flexibility index (Phi) is 8.14. The number of likely N-dealkylation sites (N-methyl/N-ethyl adjacent to an activating group) is 1. The van der Waals surface area contributed by atoms with E-state index in [0.29, 0.717) is 21.9 Å². The molecule has 0 fully saturated rings. The number of anilines is 1. The number of halogens is 3. The number of aliphatic hydroxyl groups excluding tert-OH is 1. The van der Waals surface area contributed by atoms with Crippen LogP contribution in [0.2, 0.25) is 0 Å². The van der Waals surface area contributed by atoms with Crippen LogP contribution in [-0.2, 0) is 37.4 Å². The number of fused-ring (bicyclic) bond motifs is 1. The van der Waals surface area contributed by atoms with Crippen LogP contribution in [0.25, 0.3) is 22.7 Å². The molecule has 48 heavy (non-hydrogen) atoms. The highest BCUT2D eigenvalue weighted by Crippen LogP contribution is 2.38. The molecule has 2 aromatic carbocycles. The zero-order valence-corrected chi connectivity index (χ0v) is 27.0. The van der Waals surface area contributed by atoms with E-state index in [1.165, 1.54) is 41.9 Å². The van der Waals surface area contributed by atoms with Crippen LogP contribution in [0.15, 0.2) is 99.9 Å². The van der Waals surface area contributed by atoms with Crippen LogP contribution < -0.4 is 10.5 Å². The molecule has 4 heterocycles. The number of hydrogen-bond acceptors (Lipinski definition) is 9. The highest BCUT2D eigenvalue weighted by Gasteiger charge is 2.39. The smallest absolute Gasteiger partial charge is 0.435 e. The summed E-state index contributed by atoms with van der Waals surface area (Å²) in [5, 5.41) is 23.6. The average Bonchev–Trinajstić information content (AvgIpc) is 3.70. The van der Waals surface area contributed by atoms with Crippen molar-refractivity contribution >= 4 is 48.9 Å². The monoisotopic (exact) mass is 716 g/mol. The maximum atomic E-state index is 13.6. The number of nitrogens with one attached hydrogen (secondary N) is 1. The summed E-state index contributed by atoms with van der Waals surface area (Å²) in [5.41, 5.74) is 0.532. The van der Waals surface area contributed by atoms with E-state index in [4.69, 9.17) is 5.14 Å². The first kappa shape index (κ1) is 32.9. The van der Waals surface area contributed by atoms with Gasteiger partial charge in [0.1, 0.15) is 10.7 Å². The van der Waals surface area contributed by atoms with Crippen LogP contribution in [0.4, 0.5) is 19.0 Å². The van der Waals surface area contributed by atoms with Gasteiger partial charge in [0.2, 0.25) is 10.0 Å². The van der Waals surface area contributed by atoms with E-state index in [-0.39, 0.29) is 31.9 Å². The summed E-state index contributed by atoms with van der Waals surface area (Å²) < 4.78 is 91.6. The third-order valence-corrected chi connectivity index (χ3v) is 11.1. The Morgan fingerprint density at radius 3 is 2.35 bits per heavy atom. The van der Waals surface area contributed by atoms with Crippen LogP contribution in [0.1, 0.15) is 21.7 Å². The minimum atomic E-state index is -4.74. The maximum Gasteiger partial charge on any atom is 0.435 e. The predicted molar refractivity (Wildman–Crippen MR) is 170 cm³/mol. The van der Waals surface area contributed by atoms with E-state index < -0.39 is 49.3 Å². The van der Waals surface area contributed by atoms with Crippen LogP contribution in [-0.4, -0.2) is 54.0 Å². The number of aliphatic hydroxyl groups is 1. The second-order valence-electron chi connectivity index (χ2n) is 10.5. The molecule has 1 aliphatic heterocycles. The summed E-state index contributed by atoms with van der Waals surface area (Å²) in [5.74, 6) is -1.27. The second-order valence-corrected chi connectivity index (χ2v) is 14.9. The van der Waals surface area contributed by atoms with Crippen molar-refractivity contribution in [2.45, 2.75) is 22.4 Å². The normalized spacial score (nSPS) is 14.6. The maximum absolute atomic E-state index is 13.6. The standard InChI is InChI=1S/C30H23F3N6O6S3/c1-38-26(27(40)28-23(11-13-46-28)48(38,44)45)29(41)36-25-15-18(10-12-35-25)14-17-2-4-19(5-3-17)22-16-24(30(31,32)33)37-39(22)20-6-8-21(9-7-20)47(34,42)43/h2-13,15-16,40H,14H2,1H3,(H2,34,42,43)(H,35,36,41). The Bertz CT molecular complexity index is 2320. The lowest BCUT2D eigenvalue weighted by molar-refractivity contribution is -0.141. The first-order valence-electron chi connectivity index (χ1n) is 13.7. The number of nitrogens with zero attached hydrogens (tertiary/aromatic N) is 4. The fraction of sp³-hybridized carbons (Fsp3) is 0.100. The molecule has 6 rings (SSSR count). The number of hydrogen-bond donors (Lipinski definition) is 3. The Morgan fingerprint density at radius 2 is 1.71 bits per heavy atom. The van der Waals surface area contributed by atoms with Gasteiger partial charge in [0.05, 0.1) is 21.2 Å². The predicted octanol–water partition coefficient (Wildman–Crippen LogP) is 4.75. The number of primary sulfonamides is 1. The van der Waals surface area contributed by atoms with E-state index in [0.717, 1.165) is 34.7 Å². The summed E-state index contributed by atoms with van der Waals surface area (Å²) in [7, 11) is -6.89. The SMILES string of the molecule is CN1C(C(=O)Nc2cc(Cc3ccc(-c4cc(C(F)(F)F)nn4-c4ccc(S(N)(=O)=O)cc4)cc3)ccn2)=C(O)c2sccc2S1(=O)=O. The highest BCUT2D eigenvalue weighted by atomic mass is 32.2. The van der Waals surface area contributed by atoms with Crippen LogP contribution >= 0.6 is 11.3 Å². The number of rotatable bonds is 7. The third-order valence-electron chi connectivity index (χ3n) is 7.37. The minimum Gasteiger partial charge on any atom is -0.504 e. The molecular weight excluding hydrogens is 694 g/mol. The van der Waals surface area contributed by atoms with Crippen molar-refractivity contribution in [1.82, 2.24) is 19.1 Å². The van der Waals surface area contributed by atoms with Crippen molar-refractivity contribution in [3.63, 3.8) is 0 Å². The first-order valence-corrected chi connectivity index (χ1v) is 17.6. The molecule has 0 atom stereocenters. The lowest BCUT2D eigenvalue weighted by atomic mass is 10.0. The molecule has 18 heteroatoms. The molecule has 0 aliphatic carbocycles. The number of benzene rings is 2. The van der Waals surface area contributed by atoms with Gasteiger partial charge in [-0.15, -0.1) is 11.3 Å². The average molecular weight is 717 g/mol. The number of pyridine rings is 1. The highest BCUT2D eigenvalue weighted by molar-refractivity contribution is 7.89. The van der Waals surface area contributed by atoms with Crippen molar-refractivity contribution in [3.05, 3.63) is 112 Å². The van der Waals surface area contributed by atoms with Crippen LogP contribution in [0.5, 0.6) is 0 Å². The van der Waals surface area contributed by atoms with Gasteiger partial charge in [0.25, 0.3) is 15.9 Å². The zero-order valence-electron chi connectivity index (χ0n) is 24.5. The molecule has 5 aromatic rings. The topological polar surface area (TPSA) is 178 Å². The lowest BCUT2D eigenvalue weighted by Crippen LogP contribution is -2.36. The number of nitrogens with two attached hydrogens (primary N) is 1. The number of alkyl halides is 3. The number of thiophene rings is 1. The molecule has 0 spiro atoms. The van der Waals surface area contributed by atoms with Gasteiger partial charge in [0.15, 0.2) is 17.2 Å². The van der Waals surface area contributed by atoms with Gasteiger partial charge in [-0.05, 0) is 71.5 Å². The fourth-order valence-corrected chi connectivity index (χ4v) is 8.07. The van der Waals surface area contributed by atoms with E-state index in [1.54, 1.807) is 36.4 Å². The molecule has 0 unspecified atom stereocenters. The van der Waals surface area contributed by atoms with Crippen molar-refractivity contribution < 1.29 is 39.9 Å². The third kappa shape index (κ3) is 6.17. The Balaban J connectivity index is 1.23. The van der Waals surface area contributed by atoms with E-state index in [2.05, 4.69) is 15.4 Å². The molecular formula is C30H23F3N6O6S3.